The third-order valence-electron chi connectivity index (χ3n) is 2.49. The Bertz CT molecular complexity index is 334. The molecule has 1 rings (SSSR count). The quantitative estimate of drug-likeness (QED) is 0.871. The van der Waals surface area contributed by atoms with Crippen LogP contribution in [0.3, 0.4) is 0 Å². The fraction of sp³-hybridized carbons (Fsp3) is 0.462. The van der Waals surface area contributed by atoms with E-state index in [4.69, 9.17) is 14.3 Å². The number of carbonyl (C=O) groups is 1. The van der Waals surface area contributed by atoms with Crippen molar-refractivity contribution in [2.45, 2.75) is 33.1 Å². The van der Waals surface area contributed by atoms with Gasteiger partial charge in [0.1, 0.15) is 0 Å². The molecule has 2 nitrogen and oxygen atoms in total. The maximum Gasteiger partial charge on any atom is 0.310 e. The first-order chi connectivity index (χ1) is 8.00. The van der Waals surface area contributed by atoms with Gasteiger partial charge in [-0.25, -0.2) is 0 Å². The SMILES string of the molecule is CC(C)Cc1ccc(C(C)C(=O)O)cc1.FF. The monoisotopic (exact) mass is 244 g/mol. The maximum absolute atomic E-state index is 10.8. The van der Waals surface area contributed by atoms with Gasteiger partial charge in [-0.15, -0.1) is 0 Å². The van der Waals surface area contributed by atoms with Gasteiger partial charge in [0.25, 0.3) is 0 Å². The summed E-state index contributed by atoms with van der Waals surface area (Å²) in [4.78, 5) is 10.8. The van der Waals surface area contributed by atoms with E-state index in [-0.39, 0.29) is 0 Å². The predicted molar refractivity (Wildman–Crippen MR) is 63.3 cm³/mol. The van der Waals surface area contributed by atoms with Crippen LogP contribution in [-0.4, -0.2) is 11.1 Å². The standard InChI is InChI=1S/C13H18O2.F2/c1-9(2)8-11-4-6-12(7-5-11)10(3)13(14)15;1-2/h4-7,9-10H,8H2,1-3H3,(H,14,15);. The molecule has 96 valence electrons. The number of hydrogen-bond donors (Lipinski definition) is 1. The first-order valence-electron chi connectivity index (χ1n) is 5.46. The van der Waals surface area contributed by atoms with Gasteiger partial charge < -0.3 is 5.11 Å². The fourth-order valence-corrected chi connectivity index (χ4v) is 1.56. The molecule has 0 aliphatic rings. The Morgan fingerprint density at radius 1 is 1.18 bits per heavy atom. The summed E-state index contributed by atoms with van der Waals surface area (Å²) in [7, 11) is 0. The molecule has 0 radical (unpaired) electrons. The third-order valence-corrected chi connectivity index (χ3v) is 2.49. The van der Waals surface area contributed by atoms with Crippen LogP contribution < -0.4 is 0 Å². The minimum Gasteiger partial charge on any atom is -0.481 e. The molecule has 4 heteroatoms. The smallest absolute Gasteiger partial charge is 0.310 e. The molecule has 1 aromatic rings. The Morgan fingerprint density at radius 2 is 1.65 bits per heavy atom. The van der Waals surface area contributed by atoms with E-state index < -0.39 is 11.9 Å². The molecule has 17 heavy (non-hydrogen) atoms. The highest BCUT2D eigenvalue weighted by atomic mass is 20.0. The van der Waals surface area contributed by atoms with E-state index >= 15 is 0 Å². The second kappa shape index (κ2) is 7.76. The van der Waals surface area contributed by atoms with E-state index in [0.29, 0.717) is 5.92 Å². The van der Waals surface area contributed by atoms with Crippen LogP contribution in [0.15, 0.2) is 24.3 Å². The highest BCUT2D eigenvalue weighted by Gasteiger charge is 2.12. The molecule has 0 heterocycles. The Hall–Kier alpha value is -1.45. The fourth-order valence-electron chi connectivity index (χ4n) is 1.56. The second-order valence-corrected chi connectivity index (χ2v) is 4.40. The van der Waals surface area contributed by atoms with E-state index in [1.54, 1.807) is 6.92 Å². The van der Waals surface area contributed by atoms with Gasteiger partial charge in [0, 0.05) is 9.15 Å². The molecule has 0 saturated carbocycles. The van der Waals surface area contributed by atoms with Gasteiger partial charge in [-0.05, 0) is 30.4 Å². The number of carboxylic acids is 1. The van der Waals surface area contributed by atoms with Gasteiger partial charge in [-0.2, -0.15) is 0 Å². The summed E-state index contributed by atoms with van der Waals surface area (Å²) in [5, 5.41) is 8.85. The molecule has 0 fully saturated rings. The zero-order valence-electron chi connectivity index (χ0n) is 10.3. The van der Waals surface area contributed by atoms with E-state index in [9.17, 15) is 4.79 Å². The lowest BCUT2D eigenvalue weighted by Gasteiger charge is -2.09. The summed E-state index contributed by atoms with van der Waals surface area (Å²) in [6.45, 7) is 6.06. The minimum atomic E-state index is -0.772. The first-order valence-corrected chi connectivity index (χ1v) is 5.46. The van der Waals surface area contributed by atoms with Crippen molar-refractivity contribution in [1.29, 1.82) is 0 Å². The van der Waals surface area contributed by atoms with E-state index in [2.05, 4.69) is 13.8 Å². The van der Waals surface area contributed by atoms with Crippen LogP contribution >= 0.6 is 0 Å². The summed E-state index contributed by atoms with van der Waals surface area (Å²) in [6.07, 6.45) is 1.04. The van der Waals surface area contributed by atoms with Crippen LogP contribution in [0.5, 0.6) is 0 Å². The highest BCUT2D eigenvalue weighted by molar-refractivity contribution is 5.75. The van der Waals surface area contributed by atoms with Gasteiger partial charge in [0.2, 0.25) is 0 Å². The first kappa shape index (κ1) is 15.6. The number of hydrogen-bond acceptors (Lipinski definition) is 1. The van der Waals surface area contributed by atoms with Crippen molar-refractivity contribution in [3.05, 3.63) is 35.4 Å². The van der Waals surface area contributed by atoms with Crippen LogP contribution in [0.1, 0.15) is 37.8 Å². The largest absolute Gasteiger partial charge is 0.481 e. The zero-order valence-corrected chi connectivity index (χ0v) is 10.3. The van der Waals surface area contributed by atoms with E-state index in [1.807, 2.05) is 24.3 Å². The number of halogens is 2. The number of rotatable bonds is 4. The molecule has 0 spiro atoms. The van der Waals surface area contributed by atoms with Crippen LogP contribution in [0, 0.1) is 5.92 Å². The van der Waals surface area contributed by atoms with Crippen LogP contribution in [0.4, 0.5) is 9.15 Å². The lowest BCUT2D eigenvalue weighted by molar-refractivity contribution is -0.138. The van der Waals surface area contributed by atoms with Crippen molar-refractivity contribution in [2.75, 3.05) is 0 Å². The molecule has 0 saturated heterocycles. The molecule has 1 unspecified atom stereocenters. The molecular formula is C13H18F2O2. The van der Waals surface area contributed by atoms with Crippen molar-refractivity contribution in [3.63, 3.8) is 0 Å². The summed E-state index contributed by atoms with van der Waals surface area (Å²) in [5.74, 6) is -0.558. The van der Waals surface area contributed by atoms with Gasteiger partial charge in [0.05, 0.1) is 5.92 Å². The normalized spacial score (nSPS) is 11.6. The lowest BCUT2D eigenvalue weighted by Crippen LogP contribution is -2.07. The molecule has 1 atom stereocenters. The molecule has 0 amide bonds. The Labute approximate surface area is 100 Å². The summed E-state index contributed by atoms with van der Waals surface area (Å²) in [5.41, 5.74) is 2.14. The highest BCUT2D eigenvalue weighted by Crippen LogP contribution is 2.17. The topological polar surface area (TPSA) is 37.3 Å². The van der Waals surface area contributed by atoms with Gasteiger partial charge in [-0.1, -0.05) is 38.1 Å². The van der Waals surface area contributed by atoms with Crippen LogP contribution in [0.25, 0.3) is 0 Å². The number of aliphatic carboxylic acids is 1. The van der Waals surface area contributed by atoms with Crippen molar-refractivity contribution in [1.82, 2.24) is 0 Å². The average Bonchev–Trinajstić information content (AvgIpc) is 2.31. The molecule has 0 aromatic heterocycles. The average molecular weight is 244 g/mol. The number of carboxylic acid groups (broad SMARTS) is 1. The predicted octanol–water partition coefficient (Wildman–Crippen LogP) is 3.91. The molecule has 0 bridgehead atoms. The Balaban J connectivity index is 0.00000121. The van der Waals surface area contributed by atoms with Gasteiger partial charge in [-0.3, -0.25) is 4.79 Å². The zero-order chi connectivity index (χ0) is 13.4. The summed E-state index contributed by atoms with van der Waals surface area (Å²) < 4.78 is 16.0. The second-order valence-electron chi connectivity index (χ2n) is 4.40. The lowest BCUT2D eigenvalue weighted by atomic mass is 9.97. The molecule has 0 aliphatic heterocycles. The van der Waals surface area contributed by atoms with E-state index in [1.165, 1.54) is 5.56 Å². The van der Waals surface area contributed by atoms with Crippen molar-refractivity contribution in [3.8, 4) is 0 Å². The molecule has 1 N–H and O–H groups in total. The number of benzene rings is 1. The summed E-state index contributed by atoms with van der Waals surface area (Å²) in [6, 6.07) is 7.87. The molecule has 1 aromatic carbocycles. The van der Waals surface area contributed by atoms with Gasteiger partial charge in [0.15, 0.2) is 0 Å². The summed E-state index contributed by atoms with van der Waals surface area (Å²) >= 11 is 0. The Morgan fingerprint density at radius 3 is 2.00 bits per heavy atom. The van der Waals surface area contributed by atoms with Crippen molar-refractivity contribution >= 4 is 5.97 Å². The van der Waals surface area contributed by atoms with Crippen molar-refractivity contribution < 1.29 is 19.0 Å². The minimum absolute atomic E-state index is 0.418. The molecule has 0 aliphatic carbocycles. The molecular weight excluding hydrogens is 226 g/mol. The Kier molecular flexibility index (Phi) is 7.10. The van der Waals surface area contributed by atoms with Crippen LogP contribution in [-0.2, 0) is 11.2 Å². The van der Waals surface area contributed by atoms with Crippen molar-refractivity contribution in [2.24, 2.45) is 5.92 Å². The maximum atomic E-state index is 10.8. The van der Waals surface area contributed by atoms with Gasteiger partial charge >= 0.3 is 5.97 Å². The third kappa shape index (κ3) is 5.43. The van der Waals surface area contributed by atoms with Crippen LogP contribution in [0.2, 0.25) is 0 Å². The van der Waals surface area contributed by atoms with E-state index in [0.717, 1.165) is 12.0 Å².